The molecule has 0 heterocycles. The topological polar surface area (TPSA) is 77.4 Å². The van der Waals surface area contributed by atoms with Crippen LogP contribution < -0.4 is 0 Å². The molecule has 13 heavy (non-hydrogen) atoms. The van der Waals surface area contributed by atoms with Crippen LogP contribution in [0.1, 0.15) is 10.4 Å². The van der Waals surface area contributed by atoms with E-state index in [-0.39, 0.29) is 15.5 Å². The number of hydrogen-bond acceptors (Lipinski definition) is 3. The zero-order chi connectivity index (χ0) is 10.0. The molecule has 0 aliphatic rings. The summed E-state index contributed by atoms with van der Waals surface area (Å²) < 4.78 is 20.9. The van der Waals surface area contributed by atoms with Crippen molar-refractivity contribution < 1.29 is 18.7 Å². The van der Waals surface area contributed by atoms with Gasteiger partial charge in [-0.05, 0) is 29.3 Å². The third-order valence-electron chi connectivity index (χ3n) is 1.36. The van der Waals surface area contributed by atoms with E-state index in [2.05, 4.69) is 0 Å². The predicted octanol–water partition coefficient (Wildman–Crippen LogP) is 1.28. The fourth-order valence-corrected chi connectivity index (χ4v) is 1.36. The second-order valence-corrected chi connectivity index (χ2v) is 3.53. The lowest BCUT2D eigenvalue weighted by molar-refractivity contribution is 0.0697. The van der Waals surface area contributed by atoms with Crippen molar-refractivity contribution in [2.75, 3.05) is 0 Å². The normalized spacial score (nSPS) is 12.5. The van der Waals surface area contributed by atoms with Gasteiger partial charge in [-0.1, -0.05) is 11.6 Å². The Morgan fingerprint density at radius 1 is 1.54 bits per heavy atom. The van der Waals surface area contributed by atoms with Gasteiger partial charge in [0, 0.05) is 4.90 Å². The molecule has 0 aromatic heterocycles. The monoisotopic (exact) mass is 219 g/mol. The summed E-state index contributed by atoms with van der Waals surface area (Å²) in [5.74, 6) is -1.25. The smallest absolute Gasteiger partial charge is 0.337 e. The van der Waals surface area contributed by atoms with Gasteiger partial charge in [0.2, 0.25) is 0 Å². The van der Waals surface area contributed by atoms with Gasteiger partial charge in [-0.25, -0.2) is 4.79 Å². The lowest BCUT2D eigenvalue weighted by Crippen LogP contribution is -1.99. The molecule has 0 aliphatic carbocycles. The fraction of sp³-hybridized carbons (Fsp3) is 0. The Morgan fingerprint density at radius 3 is 2.62 bits per heavy atom. The molecular formula is C7H4ClO4S-. The molecule has 6 heteroatoms. The number of rotatable bonds is 2. The Hall–Kier alpha value is -0.910. The van der Waals surface area contributed by atoms with E-state index in [0.29, 0.717) is 0 Å². The molecule has 0 radical (unpaired) electrons. The van der Waals surface area contributed by atoms with Crippen LogP contribution in [0.25, 0.3) is 0 Å². The van der Waals surface area contributed by atoms with Gasteiger partial charge in [0.15, 0.2) is 0 Å². The Morgan fingerprint density at radius 2 is 2.15 bits per heavy atom. The highest BCUT2D eigenvalue weighted by atomic mass is 35.5. The van der Waals surface area contributed by atoms with Gasteiger partial charge in [-0.3, -0.25) is 4.21 Å². The van der Waals surface area contributed by atoms with Gasteiger partial charge in [-0.15, -0.1) is 0 Å². The lowest BCUT2D eigenvalue weighted by Gasteiger charge is -2.06. The van der Waals surface area contributed by atoms with Crippen LogP contribution in [0.15, 0.2) is 23.1 Å². The first kappa shape index (κ1) is 10.2. The maximum absolute atomic E-state index is 10.5. The minimum atomic E-state index is -2.44. The summed E-state index contributed by atoms with van der Waals surface area (Å²) in [5.41, 5.74) is -0.219. The lowest BCUT2D eigenvalue weighted by atomic mass is 10.2. The summed E-state index contributed by atoms with van der Waals surface area (Å²) >= 11 is 3.08. The summed E-state index contributed by atoms with van der Waals surface area (Å²) in [6.45, 7) is 0. The minimum Gasteiger partial charge on any atom is -0.768 e. The van der Waals surface area contributed by atoms with Crippen LogP contribution in [0.3, 0.4) is 0 Å². The first-order valence-corrected chi connectivity index (χ1v) is 4.60. The Labute approximate surface area is 81.4 Å². The van der Waals surface area contributed by atoms with E-state index in [1.54, 1.807) is 0 Å². The molecule has 1 unspecified atom stereocenters. The second kappa shape index (κ2) is 3.87. The molecule has 0 fully saturated rings. The summed E-state index contributed by atoms with van der Waals surface area (Å²) in [4.78, 5) is 10.4. The quantitative estimate of drug-likeness (QED) is 0.760. The van der Waals surface area contributed by atoms with Gasteiger partial charge in [-0.2, -0.15) is 0 Å². The number of aromatic carboxylic acids is 1. The number of carbonyl (C=O) groups is 1. The van der Waals surface area contributed by atoms with Crippen LogP contribution in [0.5, 0.6) is 0 Å². The van der Waals surface area contributed by atoms with Crippen molar-refractivity contribution in [2.24, 2.45) is 0 Å². The summed E-state index contributed by atoms with van der Waals surface area (Å²) in [6.07, 6.45) is 0. The van der Waals surface area contributed by atoms with Crippen LogP contribution in [-0.4, -0.2) is 19.8 Å². The van der Waals surface area contributed by atoms with Gasteiger partial charge in [0.25, 0.3) is 0 Å². The maximum atomic E-state index is 10.5. The predicted molar refractivity (Wildman–Crippen MR) is 45.6 cm³/mol. The molecule has 0 amide bonds. The first-order chi connectivity index (χ1) is 6.02. The number of halogens is 1. The summed E-state index contributed by atoms with van der Waals surface area (Å²) in [7, 11) is 0. The zero-order valence-corrected chi connectivity index (χ0v) is 7.76. The Kier molecular flexibility index (Phi) is 3.02. The molecular weight excluding hydrogens is 216 g/mol. The summed E-state index contributed by atoms with van der Waals surface area (Å²) in [5, 5.41) is 8.60. The Bertz CT molecular complexity index is 377. The number of carboxylic acids is 1. The third-order valence-corrected chi connectivity index (χ3v) is 2.33. The highest BCUT2D eigenvalue weighted by molar-refractivity contribution is 7.79. The van der Waals surface area contributed by atoms with Gasteiger partial charge < -0.3 is 9.66 Å². The largest absolute Gasteiger partial charge is 0.768 e. The number of carboxylic acid groups (broad SMARTS) is 1. The fourth-order valence-electron chi connectivity index (χ4n) is 0.772. The van der Waals surface area contributed by atoms with E-state index in [1.807, 2.05) is 0 Å². The average Bonchev–Trinajstić information content (AvgIpc) is 2.04. The molecule has 1 atom stereocenters. The molecule has 1 rings (SSSR count). The average molecular weight is 220 g/mol. The number of benzene rings is 1. The van der Waals surface area contributed by atoms with Crippen molar-refractivity contribution in [3.63, 3.8) is 0 Å². The van der Waals surface area contributed by atoms with Crippen LogP contribution in [0.2, 0.25) is 5.02 Å². The van der Waals surface area contributed by atoms with Crippen LogP contribution in [0, 0.1) is 0 Å². The van der Waals surface area contributed by atoms with E-state index in [4.69, 9.17) is 16.7 Å². The molecule has 4 nitrogen and oxygen atoms in total. The van der Waals surface area contributed by atoms with Crippen molar-refractivity contribution >= 4 is 28.7 Å². The molecule has 0 aliphatic heterocycles. The van der Waals surface area contributed by atoms with Crippen molar-refractivity contribution in [3.05, 3.63) is 28.8 Å². The summed E-state index contributed by atoms with van der Waals surface area (Å²) in [6, 6.07) is 3.47. The SMILES string of the molecule is O=C(O)c1cc(S(=O)[O-])ccc1Cl. The number of hydrogen-bond donors (Lipinski definition) is 1. The van der Waals surface area contributed by atoms with E-state index < -0.39 is 17.0 Å². The molecule has 1 aromatic rings. The molecule has 1 N–H and O–H groups in total. The van der Waals surface area contributed by atoms with E-state index in [1.165, 1.54) is 12.1 Å². The van der Waals surface area contributed by atoms with Crippen LogP contribution in [-0.2, 0) is 11.1 Å². The van der Waals surface area contributed by atoms with Gasteiger partial charge in [0.05, 0.1) is 10.6 Å². The molecule has 1 aromatic carbocycles. The minimum absolute atomic E-state index is 0.0155. The van der Waals surface area contributed by atoms with Crippen LogP contribution >= 0.6 is 11.6 Å². The molecule has 0 spiro atoms. The maximum Gasteiger partial charge on any atom is 0.337 e. The van der Waals surface area contributed by atoms with E-state index >= 15 is 0 Å². The molecule has 0 saturated carbocycles. The van der Waals surface area contributed by atoms with Crippen molar-refractivity contribution in [3.8, 4) is 0 Å². The van der Waals surface area contributed by atoms with Crippen molar-refractivity contribution in [2.45, 2.75) is 4.90 Å². The molecule has 70 valence electrons. The second-order valence-electron chi connectivity index (χ2n) is 2.18. The first-order valence-electron chi connectivity index (χ1n) is 3.14. The highest BCUT2D eigenvalue weighted by Gasteiger charge is 2.09. The van der Waals surface area contributed by atoms with Gasteiger partial charge >= 0.3 is 5.97 Å². The van der Waals surface area contributed by atoms with Crippen LogP contribution in [0.4, 0.5) is 0 Å². The van der Waals surface area contributed by atoms with Crippen molar-refractivity contribution in [1.29, 1.82) is 0 Å². The zero-order valence-electron chi connectivity index (χ0n) is 6.19. The molecule has 0 saturated heterocycles. The van der Waals surface area contributed by atoms with Crippen molar-refractivity contribution in [1.82, 2.24) is 0 Å². The van der Waals surface area contributed by atoms with Gasteiger partial charge in [0.1, 0.15) is 0 Å². The van der Waals surface area contributed by atoms with E-state index in [9.17, 15) is 13.6 Å². The highest BCUT2D eigenvalue weighted by Crippen LogP contribution is 2.18. The van der Waals surface area contributed by atoms with E-state index in [0.717, 1.165) is 6.07 Å². The Balaban J connectivity index is 3.27. The standard InChI is InChI=1S/C7H5ClO4S/c8-6-2-1-4(13(11)12)3-5(6)7(9)10/h1-3H,(H,9,10)(H,11,12)/p-1. The molecule has 0 bridgehead atoms. The third kappa shape index (κ3) is 2.27.